The molecule has 0 saturated carbocycles. The molecule has 0 spiro atoms. The molecule has 0 aromatic heterocycles. The summed E-state index contributed by atoms with van der Waals surface area (Å²) in [6.45, 7) is 0. The Morgan fingerprint density at radius 3 is 2.35 bits per heavy atom. The van der Waals surface area contributed by atoms with Crippen LogP contribution >= 0.6 is 15.9 Å². The van der Waals surface area contributed by atoms with Crippen LogP contribution in [0, 0.1) is 0 Å². The summed E-state index contributed by atoms with van der Waals surface area (Å²) in [7, 11) is 0. The van der Waals surface area contributed by atoms with Gasteiger partial charge in [0.25, 0.3) is 0 Å². The van der Waals surface area contributed by atoms with Gasteiger partial charge >= 0.3 is 5.97 Å². The van der Waals surface area contributed by atoms with Crippen LogP contribution in [0.3, 0.4) is 0 Å². The van der Waals surface area contributed by atoms with Crippen LogP contribution < -0.4 is 4.74 Å². The van der Waals surface area contributed by atoms with Gasteiger partial charge in [0.2, 0.25) is 0 Å². The van der Waals surface area contributed by atoms with Gasteiger partial charge in [-0.2, -0.15) is 0 Å². The van der Waals surface area contributed by atoms with E-state index < -0.39 is 0 Å². The third-order valence-corrected chi connectivity index (χ3v) is 2.91. The minimum absolute atomic E-state index is 0.261. The molecule has 3 heteroatoms. The van der Waals surface area contributed by atoms with Crippen LogP contribution in [0.2, 0.25) is 0 Å². The number of esters is 1. The molecule has 2 aromatic rings. The molecule has 0 atom stereocenters. The zero-order valence-electron chi connectivity index (χ0n) is 9.10. The topological polar surface area (TPSA) is 26.3 Å². The number of hydrogen-bond acceptors (Lipinski definition) is 2. The molecule has 0 radical (unpaired) electrons. The number of hydrogen-bond donors (Lipinski definition) is 0. The Bertz CT molecular complexity index is 509. The summed E-state index contributed by atoms with van der Waals surface area (Å²) >= 11 is 3.33. The zero-order chi connectivity index (χ0) is 12.1. The lowest BCUT2D eigenvalue weighted by Crippen LogP contribution is -2.11. The van der Waals surface area contributed by atoms with Crippen molar-refractivity contribution in [1.29, 1.82) is 0 Å². The maximum Gasteiger partial charge on any atom is 0.315 e. The van der Waals surface area contributed by atoms with Gasteiger partial charge in [0.15, 0.2) is 0 Å². The highest BCUT2D eigenvalue weighted by Gasteiger charge is 2.08. The summed E-state index contributed by atoms with van der Waals surface area (Å²) in [5, 5.41) is 0. The van der Waals surface area contributed by atoms with Crippen molar-refractivity contribution >= 4 is 21.9 Å². The van der Waals surface area contributed by atoms with Gasteiger partial charge in [0.05, 0.1) is 10.9 Å². The molecule has 0 aliphatic heterocycles. The molecule has 17 heavy (non-hydrogen) atoms. The second-order valence-electron chi connectivity index (χ2n) is 3.57. The Hall–Kier alpha value is -1.61. The fraction of sp³-hybridized carbons (Fsp3) is 0.0714. The van der Waals surface area contributed by atoms with Gasteiger partial charge in [-0.15, -0.1) is 0 Å². The first-order chi connectivity index (χ1) is 8.25. The monoisotopic (exact) mass is 290 g/mol. The van der Waals surface area contributed by atoms with E-state index in [1.54, 1.807) is 6.07 Å². The second-order valence-corrected chi connectivity index (χ2v) is 4.42. The first-order valence-electron chi connectivity index (χ1n) is 5.25. The smallest absolute Gasteiger partial charge is 0.315 e. The molecule has 2 nitrogen and oxygen atoms in total. The predicted octanol–water partition coefficient (Wildman–Crippen LogP) is 3.60. The van der Waals surface area contributed by atoms with Gasteiger partial charge in [-0.05, 0) is 33.6 Å². The van der Waals surface area contributed by atoms with Crippen LogP contribution in [0.25, 0.3) is 0 Å². The van der Waals surface area contributed by atoms with E-state index >= 15 is 0 Å². The highest BCUT2D eigenvalue weighted by atomic mass is 79.9. The van der Waals surface area contributed by atoms with Gasteiger partial charge in [-0.25, -0.2) is 0 Å². The van der Waals surface area contributed by atoms with Crippen LogP contribution in [0.1, 0.15) is 5.56 Å². The third kappa shape index (κ3) is 3.43. The standard InChI is InChI=1S/C14H11BrO2/c15-12-8-4-5-9-13(12)17-14(16)10-11-6-2-1-3-7-11/h1-9H,10H2. The van der Waals surface area contributed by atoms with Crippen molar-refractivity contribution in [2.24, 2.45) is 0 Å². The van der Waals surface area contributed by atoms with Gasteiger partial charge in [0.1, 0.15) is 5.75 Å². The van der Waals surface area contributed by atoms with Crippen molar-refractivity contribution in [3.05, 3.63) is 64.6 Å². The largest absolute Gasteiger partial charge is 0.425 e. The summed E-state index contributed by atoms with van der Waals surface area (Å²) in [5.74, 6) is 0.288. The quantitative estimate of drug-likeness (QED) is 0.638. The molecule has 0 unspecified atom stereocenters. The SMILES string of the molecule is O=C(Cc1ccccc1)Oc1ccccc1Br. The molecule has 0 bridgehead atoms. The van der Waals surface area contributed by atoms with Crippen molar-refractivity contribution in [3.8, 4) is 5.75 Å². The maximum atomic E-state index is 11.7. The lowest BCUT2D eigenvalue weighted by atomic mass is 10.2. The molecule has 86 valence electrons. The summed E-state index contributed by atoms with van der Waals surface area (Å²) in [6, 6.07) is 16.8. The van der Waals surface area contributed by atoms with Crippen molar-refractivity contribution in [2.75, 3.05) is 0 Å². The minimum Gasteiger partial charge on any atom is -0.425 e. The molecule has 0 amide bonds. The molecular weight excluding hydrogens is 280 g/mol. The lowest BCUT2D eigenvalue weighted by molar-refractivity contribution is -0.133. The molecular formula is C14H11BrO2. The molecule has 2 rings (SSSR count). The third-order valence-electron chi connectivity index (χ3n) is 2.25. The van der Waals surface area contributed by atoms with Crippen LogP contribution in [0.15, 0.2) is 59.1 Å². The highest BCUT2D eigenvalue weighted by Crippen LogP contribution is 2.24. The summed E-state index contributed by atoms with van der Waals surface area (Å²) in [4.78, 5) is 11.7. The average Bonchev–Trinajstić information content (AvgIpc) is 2.33. The van der Waals surface area contributed by atoms with E-state index in [1.807, 2.05) is 48.5 Å². The van der Waals surface area contributed by atoms with Crippen LogP contribution in [-0.2, 0) is 11.2 Å². The average molecular weight is 291 g/mol. The predicted molar refractivity (Wildman–Crippen MR) is 69.9 cm³/mol. The Labute approximate surface area is 108 Å². The van der Waals surface area contributed by atoms with Crippen molar-refractivity contribution in [2.45, 2.75) is 6.42 Å². The van der Waals surface area contributed by atoms with Crippen LogP contribution in [0.5, 0.6) is 5.75 Å². The van der Waals surface area contributed by atoms with E-state index in [1.165, 1.54) is 0 Å². The molecule has 0 aliphatic carbocycles. The van der Waals surface area contributed by atoms with Gasteiger partial charge in [0, 0.05) is 0 Å². The number of benzene rings is 2. The second kappa shape index (κ2) is 5.64. The number of halogens is 1. The Balaban J connectivity index is 2.01. The maximum absolute atomic E-state index is 11.7. The number of carbonyl (C=O) groups is 1. The molecule has 0 aliphatic rings. The van der Waals surface area contributed by atoms with Gasteiger partial charge in [-0.1, -0.05) is 42.5 Å². The van der Waals surface area contributed by atoms with Crippen molar-refractivity contribution in [1.82, 2.24) is 0 Å². The van der Waals surface area contributed by atoms with Crippen LogP contribution in [-0.4, -0.2) is 5.97 Å². The Morgan fingerprint density at radius 2 is 1.65 bits per heavy atom. The van der Waals surface area contributed by atoms with E-state index in [2.05, 4.69) is 15.9 Å². The molecule has 0 fully saturated rings. The first kappa shape index (κ1) is 11.9. The number of para-hydroxylation sites is 1. The van der Waals surface area contributed by atoms with Crippen molar-refractivity contribution < 1.29 is 9.53 Å². The molecule has 0 N–H and O–H groups in total. The summed E-state index contributed by atoms with van der Waals surface area (Å²) < 4.78 is 6.04. The van der Waals surface area contributed by atoms with Gasteiger partial charge < -0.3 is 4.74 Å². The molecule has 2 aromatic carbocycles. The van der Waals surface area contributed by atoms with E-state index in [0.717, 1.165) is 10.0 Å². The summed E-state index contributed by atoms with van der Waals surface area (Å²) in [6.07, 6.45) is 0.280. The Kier molecular flexibility index (Phi) is 3.94. The molecule has 0 saturated heterocycles. The first-order valence-corrected chi connectivity index (χ1v) is 6.04. The highest BCUT2D eigenvalue weighted by molar-refractivity contribution is 9.10. The lowest BCUT2D eigenvalue weighted by Gasteiger charge is -2.05. The van der Waals surface area contributed by atoms with Gasteiger partial charge in [-0.3, -0.25) is 4.79 Å². The number of ether oxygens (including phenoxy) is 1. The van der Waals surface area contributed by atoms with E-state index in [0.29, 0.717) is 5.75 Å². The van der Waals surface area contributed by atoms with Crippen LogP contribution in [0.4, 0.5) is 0 Å². The van der Waals surface area contributed by atoms with E-state index in [-0.39, 0.29) is 12.4 Å². The number of rotatable bonds is 3. The summed E-state index contributed by atoms with van der Waals surface area (Å²) in [5.41, 5.74) is 0.949. The normalized spacial score (nSPS) is 9.94. The van der Waals surface area contributed by atoms with E-state index in [4.69, 9.17) is 4.74 Å². The fourth-order valence-corrected chi connectivity index (χ4v) is 1.81. The zero-order valence-corrected chi connectivity index (χ0v) is 10.7. The van der Waals surface area contributed by atoms with Crippen molar-refractivity contribution in [3.63, 3.8) is 0 Å². The minimum atomic E-state index is -0.261. The molecule has 0 heterocycles. The Morgan fingerprint density at radius 1 is 1.00 bits per heavy atom. The number of carbonyl (C=O) groups excluding carboxylic acids is 1. The van der Waals surface area contributed by atoms with E-state index in [9.17, 15) is 4.79 Å². The fourth-order valence-electron chi connectivity index (χ4n) is 1.45.